The van der Waals surface area contributed by atoms with Crippen LogP contribution in [0.25, 0.3) is 0 Å². The minimum Gasteiger partial charge on any atom is -0.497 e. The molecule has 0 aliphatic rings. The van der Waals surface area contributed by atoms with Crippen molar-refractivity contribution in [3.8, 4) is 5.75 Å². The number of rotatable bonds is 6. The third kappa shape index (κ3) is 4.37. The molecule has 0 aliphatic carbocycles. The predicted molar refractivity (Wildman–Crippen MR) is 69.8 cm³/mol. The fraction of sp³-hybridized carbons (Fsp3) is 0.385. The summed E-state index contributed by atoms with van der Waals surface area (Å²) < 4.78 is 11.8. The molecule has 0 bridgehead atoms. The molecule has 0 spiro atoms. The first-order valence-electron chi connectivity index (χ1n) is 5.18. The van der Waals surface area contributed by atoms with Gasteiger partial charge in [-0.15, -0.1) is 6.58 Å². The lowest BCUT2D eigenvalue weighted by Crippen LogP contribution is -1.97. The molecule has 0 unspecified atom stereocenters. The fourth-order valence-electron chi connectivity index (χ4n) is 1.22. The topological polar surface area (TPSA) is 18.5 Å². The Kier molecular flexibility index (Phi) is 5.56. The second kappa shape index (κ2) is 6.71. The van der Waals surface area contributed by atoms with E-state index in [-0.39, 0.29) is 0 Å². The molecule has 3 heteroatoms. The maximum absolute atomic E-state index is 5.56. The summed E-state index contributed by atoms with van der Waals surface area (Å²) in [7, 11) is 1.66. The average molecular weight is 285 g/mol. The van der Waals surface area contributed by atoms with E-state index in [9.17, 15) is 0 Å². The van der Waals surface area contributed by atoms with Gasteiger partial charge in [-0.3, -0.25) is 0 Å². The van der Waals surface area contributed by atoms with Crippen molar-refractivity contribution in [1.29, 1.82) is 0 Å². The normalized spacial score (nSPS) is 10.2. The molecule has 0 aromatic heterocycles. The molecule has 0 amide bonds. The first-order chi connectivity index (χ1) is 7.63. The Balaban J connectivity index is 2.49. The van der Waals surface area contributed by atoms with Gasteiger partial charge in [0.05, 0.1) is 20.3 Å². The number of halogens is 1. The number of hydrogen-bond acceptors (Lipinski definition) is 2. The van der Waals surface area contributed by atoms with Crippen LogP contribution in [-0.2, 0) is 11.3 Å². The average Bonchev–Trinajstić information content (AvgIpc) is 2.26. The minimum atomic E-state index is 0.588. The quantitative estimate of drug-likeness (QED) is 0.582. The van der Waals surface area contributed by atoms with E-state index in [0.29, 0.717) is 13.2 Å². The zero-order chi connectivity index (χ0) is 12.0. The van der Waals surface area contributed by atoms with E-state index in [4.69, 9.17) is 9.47 Å². The van der Waals surface area contributed by atoms with Gasteiger partial charge in [0.25, 0.3) is 0 Å². The van der Waals surface area contributed by atoms with Gasteiger partial charge in [-0.1, -0.05) is 21.5 Å². The molecule has 1 aromatic rings. The Morgan fingerprint density at radius 2 is 2.19 bits per heavy atom. The van der Waals surface area contributed by atoms with Gasteiger partial charge in [-0.05, 0) is 37.1 Å². The molecule has 2 nitrogen and oxygen atoms in total. The van der Waals surface area contributed by atoms with Crippen LogP contribution in [0.2, 0.25) is 0 Å². The van der Waals surface area contributed by atoms with Crippen molar-refractivity contribution in [3.63, 3.8) is 0 Å². The SMILES string of the molecule is C=C(C)CCOCc1cc(OC)ccc1Br. The molecule has 0 saturated carbocycles. The molecular formula is C13H17BrO2. The van der Waals surface area contributed by atoms with Crippen molar-refractivity contribution >= 4 is 15.9 Å². The van der Waals surface area contributed by atoms with Gasteiger partial charge in [0.1, 0.15) is 5.75 Å². The van der Waals surface area contributed by atoms with Crippen LogP contribution in [0.1, 0.15) is 18.9 Å². The van der Waals surface area contributed by atoms with Crippen LogP contribution in [0.3, 0.4) is 0 Å². The van der Waals surface area contributed by atoms with Gasteiger partial charge in [-0.25, -0.2) is 0 Å². The van der Waals surface area contributed by atoms with Crippen molar-refractivity contribution in [2.24, 2.45) is 0 Å². The van der Waals surface area contributed by atoms with Gasteiger partial charge in [-0.2, -0.15) is 0 Å². The van der Waals surface area contributed by atoms with E-state index >= 15 is 0 Å². The van der Waals surface area contributed by atoms with E-state index < -0.39 is 0 Å². The lowest BCUT2D eigenvalue weighted by atomic mass is 10.2. The molecule has 0 fully saturated rings. The Morgan fingerprint density at radius 1 is 1.44 bits per heavy atom. The number of hydrogen-bond donors (Lipinski definition) is 0. The molecule has 0 saturated heterocycles. The summed E-state index contributed by atoms with van der Waals surface area (Å²) in [5.74, 6) is 0.849. The summed E-state index contributed by atoms with van der Waals surface area (Å²) in [5, 5.41) is 0. The lowest BCUT2D eigenvalue weighted by Gasteiger charge is -2.08. The van der Waals surface area contributed by atoms with E-state index in [1.165, 1.54) is 0 Å². The van der Waals surface area contributed by atoms with Crippen molar-refractivity contribution in [2.45, 2.75) is 20.0 Å². The Labute approximate surface area is 105 Å². The molecule has 0 aliphatic heterocycles. The summed E-state index contributed by atoms with van der Waals surface area (Å²) in [6.45, 7) is 7.14. The Morgan fingerprint density at radius 3 is 2.81 bits per heavy atom. The zero-order valence-corrected chi connectivity index (χ0v) is 11.3. The molecule has 0 N–H and O–H groups in total. The standard InChI is InChI=1S/C13H17BrO2/c1-10(2)6-7-16-9-11-8-12(15-3)4-5-13(11)14/h4-5,8H,1,6-7,9H2,2-3H3. The highest BCUT2D eigenvalue weighted by Gasteiger charge is 2.02. The van der Waals surface area contributed by atoms with Gasteiger partial charge >= 0.3 is 0 Å². The molecular weight excluding hydrogens is 268 g/mol. The van der Waals surface area contributed by atoms with Gasteiger partial charge in [0.2, 0.25) is 0 Å². The van der Waals surface area contributed by atoms with Crippen molar-refractivity contribution < 1.29 is 9.47 Å². The summed E-state index contributed by atoms with van der Waals surface area (Å²) >= 11 is 3.49. The van der Waals surface area contributed by atoms with E-state index in [1.54, 1.807) is 7.11 Å². The summed E-state index contributed by atoms with van der Waals surface area (Å²) in [5.41, 5.74) is 2.24. The number of methoxy groups -OCH3 is 1. The first kappa shape index (κ1) is 13.3. The molecule has 1 rings (SSSR count). The highest BCUT2D eigenvalue weighted by atomic mass is 79.9. The van der Waals surface area contributed by atoms with Crippen molar-refractivity contribution in [1.82, 2.24) is 0 Å². The van der Waals surface area contributed by atoms with Gasteiger partial charge in [0.15, 0.2) is 0 Å². The van der Waals surface area contributed by atoms with E-state index in [0.717, 1.165) is 27.8 Å². The number of ether oxygens (including phenoxy) is 2. The molecule has 16 heavy (non-hydrogen) atoms. The highest BCUT2D eigenvalue weighted by molar-refractivity contribution is 9.10. The van der Waals surface area contributed by atoms with Crippen LogP contribution in [0, 0.1) is 0 Å². The largest absolute Gasteiger partial charge is 0.497 e. The smallest absolute Gasteiger partial charge is 0.119 e. The predicted octanol–water partition coefficient (Wildman–Crippen LogP) is 3.94. The highest BCUT2D eigenvalue weighted by Crippen LogP contribution is 2.23. The summed E-state index contributed by atoms with van der Waals surface area (Å²) in [6, 6.07) is 5.86. The maximum Gasteiger partial charge on any atom is 0.119 e. The maximum atomic E-state index is 5.56. The minimum absolute atomic E-state index is 0.588. The van der Waals surface area contributed by atoms with Crippen LogP contribution in [0.4, 0.5) is 0 Å². The van der Waals surface area contributed by atoms with Crippen LogP contribution in [-0.4, -0.2) is 13.7 Å². The summed E-state index contributed by atoms with van der Waals surface area (Å²) in [4.78, 5) is 0. The van der Waals surface area contributed by atoms with Crippen molar-refractivity contribution in [2.75, 3.05) is 13.7 Å². The third-order valence-electron chi connectivity index (χ3n) is 2.18. The second-order valence-corrected chi connectivity index (χ2v) is 4.57. The van der Waals surface area contributed by atoms with Gasteiger partial charge < -0.3 is 9.47 Å². The van der Waals surface area contributed by atoms with Gasteiger partial charge in [0, 0.05) is 4.47 Å². The lowest BCUT2D eigenvalue weighted by molar-refractivity contribution is 0.123. The molecule has 0 radical (unpaired) electrons. The monoisotopic (exact) mass is 284 g/mol. The third-order valence-corrected chi connectivity index (χ3v) is 2.96. The fourth-order valence-corrected chi connectivity index (χ4v) is 1.58. The number of benzene rings is 1. The van der Waals surface area contributed by atoms with Crippen LogP contribution in [0.15, 0.2) is 34.8 Å². The van der Waals surface area contributed by atoms with Crippen LogP contribution < -0.4 is 4.74 Å². The summed E-state index contributed by atoms with van der Waals surface area (Å²) in [6.07, 6.45) is 0.904. The van der Waals surface area contributed by atoms with Crippen LogP contribution in [0.5, 0.6) is 5.75 Å². The van der Waals surface area contributed by atoms with Crippen molar-refractivity contribution in [3.05, 3.63) is 40.4 Å². The van der Waals surface area contributed by atoms with E-state index in [2.05, 4.69) is 22.5 Å². The molecule has 0 atom stereocenters. The second-order valence-electron chi connectivity index (χ2n) is 3.72. The van der Waals surface area contributed by atoms with Crippen LogP contribution >= 0.6 is 15.9 Å². The Bertz CT molecular complexity index is 361. The zero-order valence-electron chi connectivity index (χ0n) is 9.75. The first-order valence-corrected chi connectivity index (χ1v) is 5.97. The Hall–Kier alpha value is -0.800. The van der Waals surface area contributed by atoms with E-state index in [1.807, 2.05) is 25.1 Å². The molecule has 1 aromatic carbocycles. The molecule has 88 valence electrons. The molecule has 0 heterocycles.